The minimum atomic E-state index is -2.98. The maximum Gasteiger partial charge on any atom is 0.697 e. The summed E-state index contributed by atoms with van der Waals surface area (Å²) in [5.74, 6) is 0. The zero-order valence-corrected chi connectivity index (χ0v) is 28.7. The molecule has 40 heavy (non-hydrogen) atoms. The lowest BCUT2D eigenvalue weighted by Gasteiger charge is -2.18. The van der Waals surface area contributed by atoms with E-state index in [1.165, 1.54) is 0 Å². The van der Waals surface area contributed by atoms with Crippen molar-refractivity contribution in [2.45, 2.75) is 130 Å². The van der Waals surface area contributed by atoms with E-state index in [4.69, 9.17) is 27.1 Å². The van der Waals surface area contributed by atoms with Crippen LogP contribution in [0.15, 0.2) is 0 Å². The van der Waals surface area contributed by atoms with Gasteiger partial charge in [0.1, 0.15) is 13.2 Å². The van der Waals surface area contributed by atoms with Crippen molar-refractivity contribution in [3.05, 3.63) is 0 Å². The highest BCUT2D eigenvalue weighted by Gasteiger charge is 2.24. The van der Waals surface area contributed by atoms with Gasteiger partial charge in [0.25, 0.3) is 0 Å². The molecule has 0 amide bonds. The van der Waals surface area contributed by atoms with Gasteiger partial charge >= 0.3 is 23.4 Å². The average Bonchev–Trinajstić information content (AvgIpc) is 2.94. The molecule has 0 bridgehead atoms. The summed E-state index contributed by atoms with van der Waals surface area (Å²) >= 11 is 0. The number of hydrogen-bond acceptors (Lipinski definition) is 9. The largest absolute Gasteiger partial charge is 0.697 e. The maximum atomic E-state index is 12.8. The molecule has 12 heteroatoms. The maximum absolute atomic E-state index is 12.8. The Hall–Kier alpha value is 0.320. The molecule has 0 aliphatic carbocycles. The van der Waals surface area contributed by atoms with E-state index in [1.54, 1.807) is 0 Å². The Morgan fingerprint density at radius 2 is 0.775 bits per heavy atom. The fourth-order valence-electron chi connectivity index (χ4n) is 3.68. The fraction of sp³-hybridized carbons (Fsp3) is 1.00. The molecule has 0 aromatic heterocycles. The van der Waals surface area contributed by atoms with Crippen LogP contribution < -0.4 is 0 Å². The Balaban J connectivity index is 3.76. The molecule has 0 aliphatic rings. The van der Waals surface area contributed by atoms with Crippen LogP contribution in [0.2, 0.25) is 0 Å². The number of rotatable bonds is 32. The third-order valence-corrected chi connectivity index (χ3v) is 10.9. The van der Waals surface area contributed by atoms with Crippen LogP contribution in [0.1, 0.15) is 130 Å². The first kappa shape index (κ1) is 40.3. The van der Waals surface area contributed by atoms with Crippen LogP contribution in [0.3, 0.4) is 0 Å². The van der Waals surface area contributed by atoms with E-state index in [0.717, 1.165) is 103 Å². The van der Waals surface area contributed by atoms with E-state index in [2.05, 4.69) is 13.8 Å². The van der Waals surface area contributed by atoms with Crippen LogP contribution in [-0.2, 0) is 40.8 Å². The van der Waals surface area contributed by atoms with Gasteiger partial charge < -0.3 is 18.1 Å². The summed E-state index contributed by atoms with van der Waals surface area (Å²) in [6.07, 6.45) is 15.4. The van der Waals surface area contributed by atoms with Gasteiger partial charge in [-0.1, -0.05) is 79.1 Å². The van der Waals surface area contributed by atoms with Crippen LogP contribution >= 0.6 is 23.4 Å². The van der Waals surface area contributed by atoms with Crippen molar-refractivity contribution in [3.8, 4) is 0 Å². The molecule has 240 valence electrons. The minimum Gasteiger partial charge on any atom is -0.309 e. The topological polar surface area (TPSA) is 107 Å². The van der Waals surface area contributed by atoms with Gasteiger partial charge in [0, 0.05) is 4.57 Å². The zero-order chi connectivity index (χ0) is 29.8. The summed E-state index contributed by atoms with van der Waals surface area (Å²) < 4.78 is 70.4. The van der Waals surface area contributed by atoms with Crippen LogP contribution in [-0.4, -0.2) is 52.0 Å². The minimum absolute atomic E-state index is 0.411. The van der Waals surface area contributed by atoms with Crippen molar-refractivity contribution in [1.29, 1.82) is 0 Å². The first-order valence-corrected chi connectivity index (χ1v) is 20.4. The van der Waals surface area contributed by atoms with Crippen molar-refractivity contribution in [3.63, 3.8) is 0 Å². The summed E-state index contributed by atoms with van der Waals surface area (Å²) in [7, 11) is -8.04. The van der Waals surface area contributed by atoms with Crippen molar-refractivity contribution in [1.82, 2.24) is 0 Å². The molecule has 0 saturated carbocycles. The molecule has 0 aromatic rings. The monoisotopic (exact) mass is 633 g/mol. The summed E-state index contributed by atoms with van der Waals surface area (Å²) in [4.78, 5) is 0. The Labute approximate surface area is 246 Å². The van der Waals surface area contributed by atoms with Gasteiger partial charge in [-0.2, -0.15) is 0 Å². The van der Waals surface area contributed by atoms with Gasteiger partial charge in [-0.3, -0.25) is 9.13 Å². The SMILES string of the molecule is CCCCOP(=O)(CCCCCCCO[P+](=O)OCCCCCCCP(=O)(OCCC)OCCCC)OCCC. The summed E-state index contributed by atoms with van der Waals surface area (Å²) in [6, 6.07) is 0. The van der Waals surface area contributed by atoms with E-state index in [-0.39, 0.29) is 0 Å². The standard InChI is InChI=1S/C28H60O9P3/c1-5-9-25-36-39(30,34-21-7-3)27-19-15-11-13-17-23-32-38(29)33-24-18-14-12-16-20-28-40(31,35-22-8-4)37-26-10-6-2/h5-28H2,1-4H3/q+1. The second-order valence-electron chi connectivity index (χ2n) is 10.1. The molecule has 0 N–H and O–H groups in total. The molecule has 0 aliphatic heterocycles. The lowest BCUT2D eigenvalue weighted by atomic mass is 10.2. The van der Waals surface area contributed by atoms with E-state index in [9.17, 15) is 13.7 Å². The lowest BCUT2D eigenvalue weighted by Crippen LogP contribution is -2.03. The van der Waals surface area contributed by atoms with Gasteiger partial charge in [-0.15, -0.1) is 9.05 Å². The first-order valence-electron chi connectivity index (χ1n) is 15.8. The van der Waals surface area contributed by atoms with Gasteiger partial charge in [-0.25, -0.2) is 0 Å². The van der Waals surface area contributed by atoms with Crippen molar-refractivity contribution in [2.75, 3.05) is 52.0 Å². The van der Waals surface area contributed by atoms with Crippen molar-refractivity contribution < 1.29 is 40.8 Å². The van der Waals surface area contributed by atoms with Gasteiger partial charge in [-0.05, 0) is 51.4 Å². The molecule has 0 fully saturated rings. The van der Waals surface area contributed by atoms with Gasteiger partial charge in [0.15, 0.2) is 0 Å². The molecule has 0 saturated heterocycles. The molecule has 0 rings (SSSR count). The molecule has 0 heterocycles. The highest BCUT2D eigenvalue weighted by molar-refractivity contribution is 7.54. The Morgan fingerprint density at radius 3 is 1.15 bits per heavy atom. The van der Waals surface area contributed by atoms with Crippen molar-refractivity contribution in [2.24, 2.45) is 0 Å². The fourth-order valence-corrected chi connectivity index (χ4v) is 7.93. The third kappa shape index (κ3) is 24.9. The zero-order valence-electron chi connectivity index (χ0n) is 26.0. The second-order valence-corrected chi connectivity index (χ2v) is 15.5. The average molecular weight is 634 g/mol. The Bertz CT molecular complexity index is 625. The van der Waals surface area contributed by atoms with E-state index >= 15 is 0 Å². The lowest BCUT2D eigenvalue weighted by molar-refractivity contribution is 0.200. The van der Waals surface area contributed by atoms with Crippen LogP contribution in [0.25, 0.3) is 0 Å². The first-order chi connectivity index (χ1) is 19.3. The van der Waals surface area contributed by atoms with Crippen molar-refractivity contribution >= 4 is 23.4 Å². The number of unbranched alkanes of at least 4 members (excludes halogenated alkanes) is 10. The molecule has 0 radical (unpaired) electrons. The van der Waals surface area contributed by atoms with Crippen LogP contribution in [0, 0.1) is 0 Å². The van der Waals surface area contributed by atoms with E-state index in [0.29, 0.717) is 52.0 Å². The van der Waals surface area contributed by atoms with E-state index in [1.807, 2.05) is 13.8 Å². The third-order valence-electron chi connectivity index (χ3n) is 6.10. The molecule has 2 unspecified atom stereocenters. The quantitative estimate of drug-likeness (QED) is 0.0528. The molecule has 0 spiro atoms. The predicted octanol–water partition coefficient (Wildman–Crippen LogP) is 10.5. The van der Waals surface area contributed by atoms with Gasteiger partial charge in [0.2, 0.25) is 0 Å². The molecule has 2 atom stereocenters. The highest BCUT2D eigenvalue weighted by Crippen LogP contribution is 2.50. The summed E-state index contributed by atoms with van der Waals surface area (Å²) in [5.41, 5.74) is 0. The molecule has 0 aromatic carbocycles. The van der Waals surface area contributed by atoms with Crippen LogP contribution in [0.5, 0.6) is 0 Å². The Kier molecular flexibility index (Phi) is 28.3. The highest BCUT2D eigenvalue weighted by atomic mass is 31.2. The smallest absolute Gasteiger partial charge is 0.309 e. The van der Waals surface area contributed by atoms with Gasteiger partial charge in [0.05, 0.1) is 38.8 Å². The molecule has 9 nitrogen and oxygen atoms in total. The second kappa shape index (κ2) is 28.1. The van der Waals surface area contributed by atoms with E-state index < -0.39 is 23.4 Å². The molecular weight excluding hydrogens is 573 g/mol. The summed E-state index contributed by atoms with van der Waals surface area (Å²) in [6.45, 7) is 10.9. The summed E-state index contributed by atoms with van der Waals surface area (Å²) in [5, 5.41) is 0. The predicted molar refractivity (Wildman–Crippen MR) is 165 cm³/mol. The Morgan fingerprint density at radius 1 is 0.425 bits per heavy atom. The normalized spacial score (nSPS) is 15.2. The number of hydrogen-bond donors (Lipinski definition) is 0. The van der Waals surface area contributed by atoms with Crippen LogP contribution in [0.4, 0.5) is 0 Å². The molecular formula is C28H60O9P3+.